The summed E-state index contributed by atoms with van der Waals surface area (Å²) in [4.78, 5) is 20.4. The number of hydrogen-bond acceptors (Lipinski definition) is 4. The lowest BCUT2D eigenvalue weighted by atomic mass is 10.0. The maximum atomic E-state index is 5.18. The van der Waals surface area contributed by atoms with Crippen LogP contribution in [0.4, 0.5) is 0 Å². The summed E-state index contributed by atoms with van der Waals surface area (Å²) in [6.07, 6.45) is 0. The SMILES string of the molecule is c1ccc(-c2nc(-c3ccccc3)nc(-n3c4ccccc4c4cc5c6ccccc6n6c7ccccc7nc6c5cc43)n2)cc1. The van der Waals surface area contributed by atoms with E-state index in [1.54, 1.807) is 0 Å². The molecule has 6 heteroatoms. The highest BCUT2D eigenvalue weighted by Gasteiger charge is 2.21. The van der Waals surface area contributed by atoms with Crippen molar-refractivity contribution < 1.29 is 0 Å². The molecular weight excluding hydrogens is 564 g/mol. The Labute approximate surface area is 262 Å². The van der Waals surface area contributed by atoms with Crippen LogP contribution in [-0.2, 0) is 0 Å². The van der Waals surface area contributed by atoms with Gasteiger partial charge in [0.15, 0.2) is 11.6 Å². The summed E-state index contributed by atoms with van der Waals surface area (Å²) in [5.41, 5.74) is 8.05. The summed E-state index contributed by atoms with van der Waals surface area (Å²) in [6.45, 7) is 0. The van der Waals surface area contributed by atoms with Gasteiger partial charge in [0, 0.05) is 32.7 Å². The molecule has 0 amide bonds. The van der Waals surface area contributed by atoms with Crippen molar-refractivity contribution in [3.8, 4) is 28.7 Å². The van der Waals surface area contributed by atoms with Gasteiger partial charge in [-0.2, -0.15) is 9.97 Å². The van der Waals surface area contributed by atoms with Crippen molar-refractivity contribution in [3.63, 3.8) is 0 Å². The van der Waals surface area contributed by atoms with Crippen molar-refractivity contribution in [1.82, 2.24) is 28.9 Å². The summed E-state index contributed by atoms with van der Waals surface area (Å²) in [5.74, 6) is 1.83. The molecule has 0 atom stereocenters. The highest BCUT2D eigenvalue weighted by molar-refractivity contribution is 6.21. The van der Waals surface area contributed by atoms with E-state index in [4.69, 9.17) is 19.9 Å². The van der Waals surface area contributed by atoms with E-state index in [0.29, 0.717) is 17.6 Å². The van der Waals surface area contributed by atoms with Gasteiger partial charge < -0.3 is 0 Å². The molecule has 6 aromatic carbocycles. The summed E-state index contributed by atoms with van der Waals surface area (Å²) in [6, 6.07) is 50.3. The number of pyridine rings is 1. The predicted molar refractivity (Wildman–Crippen MR) is 186 cm³/mol. The fourth-order valence-corrected chi connectivity index (χ4v) is 6.88. The number of nitrogens with zero attached hydrogens (tertiary/aromatic N) is 6. The average molecular weight is 589 g/mol. The van der Waals surface area contributed by atoms with Gasteiger partial charge in [0.05, 0.1) is 27.6 Å². The van der Waals surface area contributed by atoms with Crippen LogP contribution in [0.15, 0.2) is 146 Å². The molecule has 4 heterocycles. The largest absolute Gasteiger partial charge is 0.292 e. The molecule has 4 aromatic heterocycles. The van der Waals surface area contributed by atoms with Crippen molar-refractivity contribution >= 4 is 60.2 Å². The van der Waals surface area contributed by atoms with Crippen LogP contribution in [0.3, 0.4) is 0 Å². The van der Waals surface area contributed by atoms with Crippen molar-refractivity contribution in [3.05, 3.63) is 146 Å². The molecule has 6 nitrogen and oxygen atoms in total. The van der Waals surface area contributed by atoms with Crippen LogP contribution < -0.4 is 0 Å². The van der Waals surface area contributed by atoms with Crippen LogP contribution >= 0.6 is 0 Å². The standard InChI is InChI=1S/C40H24N6/c1-3-13-25(14-4-1)37-42-38(26-15-5-2-6-16-26)44-40(43-37)46-34-21-11-8-18-28(34)30-23-29-27-17-7-10-20-33(27)45-35-22-12-9-19-32(35)41-39(45)31(29)24-36(30)46/h1-24H. The van der Waals surface area contributed by atoms with Crippen molar-refractivity contribution in [1.29, 1.82) is 0 Å². The Kier molecular flexibility index (Phi) is 5.19. The molecule has 0 N–H and O–H groups in total. The number of imidazole rings is 1. The minimum Gasteiger partial charge on any atom is -0.292 e. The number of para-hydroxylation sites is 4. The van der Waals surface area contributed by atoms with E-state index in [1.165, 1.54) is 10.8 Å². The third-order valence-corrected chi connectivity index (χ3v) is 8.94. The van der Waals surface area contributed by atoms with Crippen LogP contribution in [-0.4, -0.2) is 28.9 Å². The normalized spacial score (nSPS) is 11.9. The number of hydrogen-bond donors (Lipinski definition) is 0. The zero-order valence-electron chi connectivity index (χ0n) is 24.5. The fourth-order valence-electron chi connectivity index (χ4n) is 6.88. The molecule has 0 fully saturated rings. The zero-order valence-corrected chi connectivity index (χ0v) is 24.5. The lowest BCUT2D eigenvalue weighted by molar-refractivity contribution is 0.954. The molecule has 0 unspecified atom stereocenters. The van der Waals surface area contributed by atoms with E-state index in [-0.39, 0.29) is 0 Å². The third kappa shape index (κ3) is 3.58. The van der Waals surface area contributed by atoms with E-state index >= 15 is 0 Å². The summed E-state index contributed by atoms with van der Waals surface area (Å²) < 4.78 is 4.47. The number of rotatable bonds is 3. The average Bonchev–Trinajstić information content (AvgIpc) is 3.68. The third-order valence-electron chi connectivity index (χ3n) is 8.94. The van der Waals surface area contributed by atoms with Gasteiger partial charge in [-0.3, -0.25) is 8.97 Å². The first kappa shape index (κ1) is 25.0. The predicted octanol–water partition coefficient (Wildman–Crippen LogP) is 9.41. The van der Waals surface area contributed by atoms with E-state index in [2.05, 4.69) is 87.8 Å². The molecule has 46 heavy (non-hydrogen) atoms. The minimum absolute atomic E-state index is 0.573. The van der Waals surface area contributed by atoms with Gasteiger partial charge >= 0.3 is 0 Å². The Morgan fingerprint density at radius 3 is 1.63 bits per heavy atom. The zero-order chi connectivity index (χ0) is 30.2. The second kappa shape index (κ2) is 9.55. The van der Waals surface area contributed by atoms with Crippen molar-refractivity contribution in [2.75, 3.05) is 0 Å². The summed E-state index contributed by atoms with van der Waals surface area (Å²) in [5, 5.41) is 5.70. The molecule has 10 rings (SSSR count). The highest BCUT2D eigenvalue weighted by atomic mass is 15.2. The van der Waals surface area contributed by atoms with Gasteiger partial charge in [-0.15, -0.1) is 0 Å². The van der Waals surface area contributed by atoms with Crippen LogP contribution in [0.25, 0.3) is 88.9 Å². The summed E-state index contributed by atoms with van der Waals surface area (Å²) >= 11 is 0. The molecule has 0 radical (unpaired) electrons. The molecule has 0 spiro atoms. The summed E-state index contributed by atoms with van der Waals surface area (Å²) in [7, 11) is 0. The Balaban J connectivity index is 1.37. The van der Waals surface area contributed by atoms with E-state index < -0.39 is 0 Å². The first-order valence-electron chi connectivity index (χ1n) is 15.3. The van der Waals surface area contributed by atoms with E-state index in [0.717, 1.165) is 60.5 Å². The second-order valence-corrected chi connectivity index (χ2v) is 11.6. The maximum Gasteiger partial charge on any atom is 0.238 e. The topological polar surface area (TPSA) is 60.9 Å². The molecular formula is C40H24N6. The van der Waals surface area contributed by atoms with E-state index in [9.17, 15) is 0 Å². The van der Waals surface area contributed by atoms with Gasteiger partial charge in [-0.25, -0.2) is 9.97 Å². The van der Waals surface area contributed by atoms with E-state index in [1.807, 2.05) is 66.7 Å². The number of aromatic nitrogens is 6. The first-order chi connectivity index (χ1) is 22.8. The highest BCUT2D eigenvalue weighted by Crippen LogP contribution is 2.39. The van der Waals surface area contributed by atoms with Crippen molar-refractivity contribution in [2.24, 2.45) is 0 Å². The van der Waals surface area contributed by atoms with Crippen molar-refractivity contribution in [2.45, 2.75) is 0 Å². The molecule has 0 saturated heterocycles. The Bertz CT molecular complexity index is 2740. The lowest BCUT2D eigenvalue weighted by Crippen LogP contribution is -2.06. The Hall–Kier alpha value is -6.40. The van der Waals surface area contributed by atoms with Gasteiger partial charge in [0.2, 0.25) is 5.95 Å². The van der Waals surface area contributed by atoms with Crippen LogP contribution in [0.5, 0.6) is 0 Å². The van der Waals surface area contributed by atoms with Crippen LogP contribution in [0, 0.1) is 0 Å². The second-order valence-electron chi connectivity index (χ2n) is 11.6. The maximum absolute atomic E-state index is 5.18. The molecule has 214 valence electrons. The van der Waals surface area contributed by atoms with Gasteiger partial charge in [-0.1, -0.05) is 109 Å². The molecule has 0 aliphatic carbocycles. The van der Waals surface area contributed by atoms with Gasteiger partial charge in [0.25, 0.3) is 0 Å². The molecule has 10 aromatic rings. The Morgan fingerprint density at radius 2 is 0.935 bits per heavy atom. The van der Waals surface area contributed by atoms with Gasteiger partial charge in [0.1, 0.15) is 5.65 Å². The molecule has 0 aliphatic rings. The lowest BCUT2D eigenvalue weighted by Gasteiger charge is -2.12. The quantitative estimate of drug-likeness (QED) is 0.193. The molecule has 0 saturated carbocycles. The fraction of sp³-hybridized carbons (Fsp3) is 0. The monoisotopic (exact) mass is 588 g/mol. The van der Waals surface area contributed by atoms with Crippen LogP contribution in [0.2, 0.25) is 0 Å². The molecule has 0 aliphatic heterocycles. The minimum atomic E-state index is 0.573. The Morgan fingerprint density at radius 1 is 0.370 bits per heavy atom. The molecule has 0 bridgehead atoms. The van der Waals surface area contributed by atoms with Crippen LogP contribution in [0.1, 0.15) is 0 Å². The smallest absolute Gasteiger partial charge is 0.238 e. The number of fused-ring (bicyclic) bond motifs is 11. The number of benzene rings is 6. The van der Waals surface area contributed by atoms with Gasteiger partial charge in [-0.05, 0) is 41.8 Å². The first-order valence-corrected chi connectivity index (χ1v) is 15.3.